The SMILES string of the molecule is Cc1ccc(CC(=O)N2CC[C@](Cc3ccccc3-c3ccccc3)(C(N)=O)C2)cc1. The Labute approximate surface area is 183 Å². The lowest BCUT2D eigenvalue weighted by Crippen LogP contribution is -2.42. The van der Waals surface area contributed by atoms with Crippen molar-refractivity contribution in [1.29, 1.82) is 0 Å². The maximum absolute atomic E-state index is 12.9. The summed E-state index contributed by atoms with van der Waals surface area (Å²) in [5.74, 6) is -0.288. The van der Waals surface area contributed by atoms with E-state index in [1.54, 1.807) is 4.90 Å². The molecule has 1 aliphatic heterocycles. The molecule has 1 fully saturated rings. The molecule has 2 N–H and O–H groups in total. The van der Waals surface area contributed by atoms with E-state index in [0.717, 1.165) is 22.3 Å². The Morgan fingerprint density at radius 3 is 2.32 bits per heavy atom. The molecule has 4 heteroatoms. The minimum Gasteiger partial charge on any atom is -0.369 e. The summed E-state index contributed by atoms with van der Waals surface area (Å²) >= 11 is 0. The third-order valence-electron chi connectivity index (χ3n) is 6.34. The Hall–Kier alpha value is -3.40. The highest BCUT2D eigenvalue weighted by Crippen LogP contribution is 2.37. The lowest BCUT2D eigenvalue weighted by Gasteiger charge is -2.27. The van der Waals surface area contributed by atoms with Crippen LogP contribution < -0.4 is 5.73 Å². The summed E-state index contributed by atoms with van der Waals surface area (Å²) in [5.41, 5.74) is 10.6. The van der Waals surface area contributed by atoms with Crippen molar-refractivity contribution in [2.45, 2.75) is 26.2 Å². The summed E-state index contributed by atoms with van der Waals surface area (Å²) in [4.78, 5) is 27.3. The first kappa shape index (κ1) is 20.9. The molecule has 0 unspecified atom stereocenters. The smallest absolute Gasteiger partial charge is 0.227 e. The largest absolute Gasteiger partial charge is 0.369 e. The van der Waals surface area contributed by atoms with Crippen molar-refractivity contribution in [2.24, 2.45) is 11.1 Å². The predicted molar refractivity (Wildman–Crippen MR) is 123 cm³/mol. The molecule has 0 aromatic heterocycles. The number of carbonyl (C=O) groups is 2. The normalized spacial score (nSPS) is 18.2. The molecule has 1 atom stereocenters. The van der Waals surface area contributed by atoms with Crippen LogP contribution >= 0.6 is 0 Å². The minimum absolute atomic E-state index is 0.0447. The highest BCUT2D eigenvalue weighted by atomic mass is 16.2. The molecule has 31 heavy (non-hydrogen) atoms. The van der Waals surface area contributed by atoms with Gasteiger partial charge in [0.05, 0.1) is 11.8 Å². The van der Waals surface area contributed by atoms with Crippen molar-refractivity contribution in [3.63, 3.8) is 0 Å². The van der Waals surface area contributed by atoms with Gasteiger partial charge in [-0.05, 0) is 42.0 Å². The molecular weight excluding hydrogens is 384 g/mol. The van der Waals surface area contributed by atoms with Gasteiger partial charge in [0.25, 0.3) is 0 Å². The van der Waals surface area contributed by atoms with E-state index in [1.807, 2.05) is 61.5 Å². The zero-order valence-electron chi connectivity index (χ0n) is 17.9. The lowest BCUT2D eigenvalue weighted by molar-refractivity contribution is -0.131. The first-order valence-electron chi connectivity index (χ1n) is 10.7. The molecule has 1 saturated heterocycles. The number of aryl methyl sites for hydroxylation is 1. The first-order valence-corrected chi connectivity index (χ1v) is 10.7. The van der Waals surface area contributed by atoms with Crippen LogP contribution in [0.3, 0.4) is 0 Å². The van der Waals surface area contributed by atoms with E-state index < -0.39 is 5.41 Å². The van der Waals surface area contributed by atoms with E-state index in [4.69, 9.17) is 5.73 Å². The van der Waals surface area contributed by atoms with Crippen molar-refractivity contribution in [3.8, 4) is 11.1 Å². The summed E-state index contributed by atoms with van der Waals surface area (Å²) in [7, 11) is 0. The van der Waals surface area contributed by atoms with Gasteiger partial charge in [-0.3, -0.25) is 9.59 Å². The van der Waals surface area contributed by atoms with Gasteiger partial charge in [0.1, 0.15) is 0 Å². The minimum atomic E-state index is -0.742. The number of primary amides is 1. The average molecular weight is 413 g/mol. The van der Waals surface area contributed by atoms with Gasteiger partial charge in [0.15, 0.2) is 0 Å². The van der Waals surface area contributed by atoms with Crippen LogP contribution in [0.15, 0.2) is 78.9 Å². The third kappa shape index (κ3) is 4.53. The molecule has 4 rings (SSSR count). The monoisotopic (exact) mass is 412 g/mol. The molecular formula is C27H28N2O2. The molecule has 158 valence electrons. The zero-order valence-corrected chi connectivity index (χ0v) is 17.9. The van der Waals surface area contributed by atoms with E-state index in [2.05, 4.69) is 24.3 Å². The fraction of sp³-hybridized carbons (Fsp3) is 0.259. The standard InChI is InChI=1S/C27H28N2O2/c1-20-11-13-21(14-12-20)17-25(30)29-16-15-27(19-29,26(28)31)18-23-9-5-6-10-24(23)22-7-3-2-4-8-22/h2-14H,15-19H2,1H3,(H2,28,31)/t27-/m1/s1. The van der Waals surface area contributed by atoms with Gasteiger partial charge in [-0.15, -0.1) is 0 Å². The summed E-state index contributed by atoms with van der Waals surface area (Å²) in [5, 5.41) is 0. The van der Waals surface area contributed by atoms with Crippen molar-refractivity contribution in [1.82, 2.24) is 4.90 Å². The summed E-state index contributed by atoms with van der Waals surface area (Å²) in [6, 6.07) is 26.3. The van der Waals surface area contributed by atoms with Crippen LogP contribution in [0.4, 0.5) is 0 Å². The number of carbonyl (C=O) groups excluding carboxylic acids is 2. The number of amides is 2. The van der Waals surface area contributed by atoms with Crippen LogP contribution in [-0.2, 0) is 22.4 Å². The van der Waals surface area contributed by atoms with Gasteiger partial charge in [-0.2, -0.15) is 0 Å². The predicted octanol–water partition coefficient (Wildman–Crippen LogP) is 4.15. The Kier molecular flexibility index (Phi) is 5.90. The number of hydrogen-bond donors (Lipinski definition) is 1. The Bertz CT molecular complexity index is 1080. The van der Waals surface area contributed by atoms with E-state index >= 15 is 0 Å². The number of rotatable bonds is 6. The molecule has 0 bridgehead atoms. The number of likely N-dealkylation sites (tertiary alicyclic amines) is 1. The van der Waals surface area contributed by atoms with E-state index in [9.17, 15) is 9.59 Å². The second-order valence-electron chi connectivity index (χ2n) is 8.57. The molecule has 3 aromatic rings. The van der Waals surface area contributed by atoms with Gasteiger partial charge in [0.2, 0.25) is 11.8 Å². The average Bonchev–Trinajstić information content (AvgIpc) is 3.22. The van der Waals surface area contributed by atoms with Crippen molar-refractivity contribution in [3.05, 3.63) is 95.6 Å². The topological polar surface area (TPSA) is 63.4 Å². The fourth-order valence-corrected chi connectivity index (χ4v) is 4.45. The van der Waals surface area contributed by atoms with Crippen LogP contribution in [0.1, 0.15) is 23.1 Å². The Balaban J connectivity index is 1.54. The van der Waals surface area contributed by atoms with Gasteiger partial charge < -0.3 is 10.6 Å². The number of hydrogen-bond acceptors (Lipinski definition) is 2. The molecule has 1 heterocycles. The maximum atomic E-state index is 12.9. The van der Waals surface area contributed by atoms with Crippen LogP contribution in [0.5, 0.6) is 0 Å². The van der Waals surface area contributed by atoms with Crippen LogP contribution in [0.2, 0.25) is 0 Å². The second-order valence-corrected chi connectivity index (χ2v) is 8.57. The molecule has 3 aromatic carbocycles. The summed E-state index contributed by atoms with van der Waals surface area (Å²) in [6.45, 7) is 2.96. The van der Waals surface area contributed by atoms with E-state index in [0.29, 0.717) is 32.4 Å². The van der Waals surface area contributed by atoms with Gasteiger partial charge >= 0.3 is 0 Å². The summed E-state index contributed by atoms with van der Waals surface area (Å²) < 4.78 is 0. The fourth-order valence-electron chi connectivity index (χ4n) is 4.45. The number of benzene rings is 3. The zero-order chi connectivity index (χ0) is 21.8. The van der Waals surface area contributed by atoms with E-state index in [-0.39, 0.29) is 11.8 Å². The molecule has 1 aliphatic rings. The third-order valence-corrected chi connectivity index (χ3v) is 6.34. The Morgan fingerprint density at radius 1 is 0.935 bits per heavy atom. The maximum Gasteiger partial charge on any atom is 0.227 e. The highest BCUT2D eigenvalue weighted by Gasteiger charge is 2.45. The lowest BCUT2D eigenvalue weighted by atomic mass is 9.78. The van der Waals surface area contributed by atoms with Crippen LogP contribution in [0, 0.1) is 12.3 Å². The van der Waals surface area contributed by atoms with E-state index in [1.165, 1.54) is 5.56 Å². The molecule has 0 spiro atoms. The first-order chi connectivity index (χ1) is 15.0. The molecule has 0 aliphatic carbocycles. The molecule has 0 radical (unpaired) electrons. The molecule has 0 saturated carbocycles. The number of nitrogens with two attached hydrogens (primary N) is 1. The quantitative estimate of drug-likeness (QED) is 0.661. The van der Waals surface area contributed by atoms with Crippen molar-refractivity contribution in [2.75, 3.05) is 13.1 Å². The van der Waals surface area contributed by atoms with Crippen LogP contribution in [0.25, 0.3) is 11.1 Å². The summed E-state index contributed by atoms with van der Waals surface area (Å²) in [6.07, 6.45) is 1.46. The van der Waals surface area contributed by atoms with Crippen molar-refractivity contribution >= 4 is 11.8 Å². The molecule has 2 amide bonds. The highest BCUT2D eigenvalue weighted by molar-refractivity contribution is 5.85. The Morgan fingerprint density at radius 2 is 1.61 bits per heavy atom. The van der Waals surface area contributed by atoms with Crippen LogP contribution in [-0.4, -0.2) is 29.8 Å². The second kappa shape index (κ2) is 8.76. The van der Waals surface area contributed by atoms with Crippen molar-refractivity contribution < 1.29 is 9.59 Å². The van der Waals surface area contributed by atoms with Gasteiger partial charge in [-0.1, -0.05) is 84.4 Å². The number of nitrogens with zero attached hydrogens (tertiary/aromatic N) is 1. The molecule has 4 nitrogen and oxygen atoms in total. The van der Waals surface area contributed by atoms with Gasteiger partial charge in [-0.25, -0.2) is 0 Å². The van der Waals surface area contributed by atoms with Gasteiger partial charge in [0, 0.05) is 13.1 Å².